The Bertz CT molecular complexity index is 946. The van der Waals surface area contributed by atoms with Crippen molar-refractivity contribution in [3.05, 3.63) is 54.1 Å². The average molecular weight is 388 g/mol. The molecule has 28 heavy (non-hydrogen) atoms. The number of alkyl halides is 3. The molecule has 4 rings (SSSR count). The van der Waals surface area contributed by atoms with E-state index in [2.05, 4.69) is 20.4 Å². The molecule has 0 N–H and O–H groups in total. The standard InChI is InChI=1S/C19H19F3N6/c1-27-12-23-25-17(27)14-7-9-28(10-8-14)18-15(19(20,21)22)11-16(24-26-18)13-5-3-2-4-6-13/h2-6,11-12,14H,7-10H2,1H3. The van der Waals surface area contributed by atoms with Crippen LogP contribution in [0.1, 0.15) is 30.1 Å². The van der Waals surface area contributed by atoms with E-state index in [-0.39, 0.29) is 17.4 Å². The highest BCUT2D eigenvalue weighted by Gasteiger charge is 2.38. The number of anilines is 1. The number of benzene rings is 1. The monoisotopic (exact) mass is 388 g/mol. The summed E-state index contributed by atoms with van der Waals surface area (Å²) in [5, 5.41) is 16.0. The molecular formula is C19H19F3N6. The van der Waals surface area contributed by atoms with Gasteiger partial charge in [-0.2, -0.15) is 13.2 Å². The smallest absolute Gasteiger partial charge is 0.355 e. The van der Waals surface area contributed by atoms with E-state index in [0.717, 1.165) is 11.9 Å². The Morgan fingerprint density at radius 1 is 1.00 bits per heavy atom. The fourth-order valence-electron chi connectivity index (χ4n) is 3.59. The lowest BCUT2D eigenvalue weighted by Crippen LogP contribution is -2.35. The van der Waals surface area contributed by atoms with Gasteiger partial charge in [-0.05, 0) is 18.9 Å². The van der Waals surface area contributed by atoms with Crippen LogP contribution in [0.15, 0.2) is 42.7 Å². The van der Waals surface area contributed by atoms with E-state index in [4.69, 9.17) is 0 Å². The SMILES string of the molecule is Cn1cnnc1C1CCN(c2nnc(-c3ccccc3)cc2C(F)(F)F)CC1. The number of hydrogen-bond donors (Lipinski definition) is 0. The zero-order chi connectivity index (χ0) is 19.7. The number of halogens is 3. The highest BCUT2D eigenvalue weighted by Crippen LogP contribution is 2.38. The van der Waals surface area contributed by atoms with E-state index in [0.29, 0.717) is 31.5 Å². The van der Waals surface area contributed by atoms with Gasteiger partial charge in [0, 0.05) is 31.6 Å². The predicted molar refractivity (Wildman–Crippen MR) is 97.7 cm³/mol. The van der Waals surface area contributed by atoms with E-state index in [9.17, 15) is 13.2 Å². The second-order valence-corrected chi connectivity index (χ2v) is 6.89. The van der Waals surface area contributed by atoms with Crippen LogP contribution < -0.4 is 4.90 Å². The van der Waals surface area contributed by atoms with Gasteiger partial charge in [-0.3, -0.25) is 0 Å². The molecule has 0 aliphatic carbocycles. The largest absolute Gasteiger partial charge is 0.420 e. The van der Waals surface area contributed by atoms with Crippen LogP contribution >= 0.6 is 0 Å². The molecule has 0 amide bonds. The zero-order valence-corrected chi connectivity index (χ0v) is 15.3. The van der Waals surface area contributed by atoms with Crippen LogP contribution in [-0.2, 0) is 13.2 Å². The third kappa shape index (κ3) is 3.56. The Morgan fingerprint density at radius 2 is 1.71 bits per heavy atom. The number of aryl methyl sites for hydroxylation is 1. The van der Waals surface area contributed by atoms with E-state index in [1.807, 2.05) is 11.6 Å². The van der Waals surface area contributed by atoms with Gasteiger partial charge in [0.15, 0.2) is 5.82 Å². The zero-order valence-electron chi connectivity index (χ0n) is 15.3. The second-order valence-electron chi connectivity index (χ2n) is 6.89. The summed E-state index contributed by atoms with van der Waals surface area (Å²) in [6.07, 6.45) is -1.50. The molecule has 146 valence electrons. The van der Waals surface area contributed by atoms with Crippen molar-refractivity contribution in [3.8, 4) is 11.3 Å². The van der Waals surface area contributed by atoms with Crippen molar-refractivity contribution < 1.29 is 13.2 Å². The minimum absolute atomic E-state index is 0.108. The van der Waals surface area contributed by atoms with Gasteiger partial charge >= 0.3 is 6.18 Å². The summed E-state index contributed by atoms with van der Waals surface area (Å²) in [6, 6.07) is 9.85. The summed E-state index contributed by atoms with van der Waals surface area (Å²) >= 11 is 0. The maximum absolute atomic E-state index is 13.7. The first kappa shape index (κ1) is 18.4. The highest BCUT2D eigenvalue weighted by atomic mass is 19.4. The van der Waals surface area contributed by atoms with E-state index in [1.165, 1.54) is 0 Å². The molecule has 1 aliphatic rings. The van der Waals surface area contributed by atoms with Crippen LogP contribution in [0.3, 0.4) is 0 Å². The average Bonchev–Trinajstić information content (AvgIpc) is 3.14. The van der Waals surface area contributed by atoms with Crippen LogP contribution in [-0.4, -0.2) is 38.1 Å². The summed E-state index contributed by atoms with van der Waals surface area (Å²) in [7, 11) is 1.87. The number of aromatic nitrogens is 5. The lowest BCUT2D eigenvalue weighted by molar-refractivity contribution is -0.137. The summed E-state index contributed by atoms with van der Waals surface area (Å²) in [5.41, 5.74) is 0.0668. The number of rotatable bonds is 3. The first-order chi connectivity index (χ1) is 13.4. The van der Waals surface area contributed by atoms with E-state index >= 15 is 0 Å². The Morgan fingerprint density at radius 3 is 2.32 bits per heavy atom. The molecule has 0 bridgehead atoms. The molecule has 1 aliphatic heterocycles. The summed E-state index contributed by atoms with van der Waals surface area (Å²) in [6.45, 7) is 0.917. The summed E-state index contributed by atoms with van der Waals surface area (Å²) in [4.78, 5) is 1.66. The number of piperidine rings is 1. The second kappa shape index (κ2) is 7.21. The molecule has 0 unspecified atom stereocenters. The Hall–Kier alpha value is -2.97. The molecular weight excluding hydrogens is 369 g/mol. The van der Waals surface area contributed by atoms with Crippen molar-refractivity contribution in [1.29, 1.82) is 0 Å². The molecule has 9 heteroatoms. The first-order valence-corrected chi connectivity index (χ1v) is 9.02. The first-order valence-electron chi connectivity index (χ1n) is 9.02. The normalized spacial score (nSPS) is 15.8. The van der Waals surface area contributed by atoms with E-state index in [1.54, 1.807) is 41.6 Å². The highest BCUT2D eigenvalue weighted by molar-refractivity contribution is 5.62. The lowest BCUT2D eigenvalue weighted by Gasteiger charge is -2.33. The van der Waals surface area contributed by atoms with Crippen molar-refractivity contribution in [2.45, 2.75) is 24.9 Å². The van der Waals surface area contributed by atoms with Crippen LogP contribution in [0.2, 0.25) is 0 Å². The Kier molecular flexibility index (Phi) is 4.74. The van der Waals surface area contributed by atoms with Crippen LogP contribution in [0.4, 0.5) is 19.0 Å². The maximum atomic E-state index is 13.7. The van der Waals surface area contributed by atoms with Crippen LogP contribution in [0.5, 0.6) is 0 Å². The molecule has 1 aromatic carbocycles. The summed E-state index contributed by atoms with van der Waals surface area (Å²) in [5.74, 6) is 0.930. The number of nitrogens with zero attached hydrogens (tertiary/aromatic N) is 6. The molecule has 3 heterocycles. The van der Waals surface area contributed by atoms with Gasteiger partial charge in [0.25, 0.3) is 0 Å². The van der Waals surface area contributed by atoms with Gasteiger partial charge in [0.2, 0.25) is 0 Å². The van der Waals surface area contributed by atoms with Crippen molar-refractivity contribution in [1.82, 2.24) is 25.0 Å². The molecule has 0 spiro atoms. The summed E-state index contributed by atoms with van der Waals surface area (Å²) < 4.78 is 43.1. The van der Waals surface area contributed by atoms with Crippen molar-refractivity contribution in [2.75, 3.05) is 18.0 Å². The van der Waals surface area contributed by atoms with Crippen molar-refractivity contribution in [2.24, 2.45) is 7.05 Å². The third-order valence-corrected chi connectivity index (χ3v) is 5.06. The molecule has 3 aromatic rings. The van der Waals surface area contributed by atoms with Gasteiger partial charge in [0.1, 0.15) is 17.7 Å². The quantitative estimate of drug-likeness (QED) is 0.685. The molecule has 2 aromatic heterocycles. The third-order valence-electron chi connectivity index (χ3n) is 5.06. The van der Waals surface area contributed by atoms with Gasteiger partial charge in [-0.1, -0.05) is 30.3 Å². The minimum atomic E-state index is -4.50. The fourth-order valence-corrected chi connectivity index (χ4v) is 3.59. The van der Waals surface area contributed by atoms with Gasteiger partial charge in [-0.15, -0.1) is 20.4 Å². The molecule has 0 atom stereocenters. The molecule has 0 saturated carbocycles. The van der Waals surface area contributed by atoms with Crippen LogP contribution in [0, 0.1) is 0 Å². The van der Waals surface area contributed by atoms with Crippen molar-refractivity contribution in [3.63, 3.8) is 0 Å². The van der Waals surface area contributed by atoms with E-state index < -0.39 is 11.7 Å². The van der Waals surface area contributed by atoms with Gasteiger partial charge in [0.05, 0.1) is 5.69 Å². The Balaban J connectivity index is 1.60. The molecule has 1 fully saturated rings. The van der Waals surface area contributed by atoms with Crippen molar-refractivity contribution >= 4 is 5.82 Å². The number of hydrogen-bond acceptors (Lipinski definition) is 5. The minimum Gasteiger partial charge on any atom is -0.355 e. The fraction of sp³-hybridized carbons (Fsp3) is 0.368. The van der Waals surface area contributed by atoms with Gasteiger partial charge in [-0.25, -0.2) is 0 Å². The predicted octanol–water partition coefficient (Wildman–Crippen LogP) is 3.67. The van der Waals surface area contributed by atoms with Gasteiger partial charge < -0.3 is 9.47 Å². The maximum Gasteiger partial charge on any atom is 0.420 e. The molecule has 6 nitrogen and oxygen atoms in total. The molecule has 0 radical (unpaired) electrons. The molecule has 1 saturated heterocycles. The Labute approximate surface area is 160 Å². The topological polar surface area (TPSA) is 59.7 Å². The van der Waals surface area contributed by atoms with Crippen LogP contribution in [0.25, 0.3) is 11.3 Å². The lowest BCUT2D eigenvalue weighted by atomic mass is 9.95.